The number of carboxylic acids is 2. The van der Waals surface area contributed by atoms with E-state index in [1.807, 2.05) is 11.3 Å². The highest BCUT2D eigenvalue weighted by Gasteiger charge is 2.27. The predicted octanol–water partition coefficient (Wildman–Crippen LogP) is 0.234. The van der Waals surface area contributed by atoms with E-state index in [9.17, 15) is 0 Å². The van der Waals surface area contributed by atoms with Crippen LogP contribution in [-0.2, 0) is 22.6 Å². The zero-order valence-corrected chi connectivity index (χ0v) is 11.2. The van der Waals surface area contributed by atoms with E-state index in [-0.39, 0.29) is 0 Å². The maximum absolute atomic E-state index is 9.10. The molecule has 0 spiro atoms. The summed E-state index contributed by atoms with van der Waals surface area (Å²) < 4.78 is 0. The molecule has 7 heteroatoms. The molecule has 1 aromatic heterocycles. The number of hydrogen-bond donors (Lipinski definition) is 3. The van der Waals surface area contributed by atoms with Crippen molar-refractivity contribution in [2.24, 2.45) is 0 Å². The number of carboxylic acid groups (broad SMARTS) is 2. The van der Waals surface area contributed by atoms with Crippen LogP contribution in [0.4, 0.5) is 0 Å². The van der Waals surface area contributed by atoms with E-state index in [0.29, 0.717) is 0 Å². The zero-order chi connectivity index (χ0) is 13.8. The average molecular weight is 284 g/mol. The average Bonchev–Trinajstić information content (AvgIpc) is 2.74. The maximum Gasteiger partial charge on any atom is 0.414 e. The summed E-state index contributed by atoms with van der Waals surface area (Å²) in [5.41, 5.74) is 1.57. The molecule has 0 saturated carbocycles. The maximum atomic E-state index is 9.10. The van der Waals surface area contributed by atoms with Crippen molar-refractivity contribution in [3.63, 3.8) is 0 Å². The van der Waals surface area contributed by atoms with Crippen molar-refractivity contribution >= 4 is 23.3 Å². The monoisotopic (exact) mass is 284 g/mol. The number of nitrogens with zero attached hydrogens (tertiary/aromatic N) is 1. The summed E-state index contributed by atoms with van der Waals surface area (Å²) >= 11 is 1.92. The molecule has 0 radical (unpaired) electrons. The fourth-order valence-electron chi connectivity index (χ4n) is 2.11. The molecule has 1 fully saturated rings. The molecule has 19 heavy (non-hydrogen) atoms. The Hall–Kier alpha value is -1.44. The second kappa shape index (κ2) is 6.14. The van der Waals surface area contributed by atoms with E-state index in [2.05, 4.69) is 21.7 Å². The van der Waals surface area contributed by atoms with Crippen LogP contribution in [0.5, 0.6) is 0 Å². The highest BCUT2D eigenvalue weighted by atomic mass is 32.1. The summed E-state index contributed by atoms with van der Waals surface area (Å²) in [4.78, 5) is 22.4. The van der Waals surface area contributed by atoms with Gasteiger partial charge >= 0.3 is 11.9 Å². The van der Waals surface area contributed by atoms with Crippen LogP contribution in [0.3, 0.4) is 0 Å². The quantitative estimate of drug-likeness (QED) is 0.640. The Labute approximate surface area is 114 Å². The van der Waals surface area contributed by atoms with Gasteiger partial charge in [0.2, 0.25) is 0 Å². The van der Waals surface area contributed by atoms with E-state index in [1.165, 1.54) is 32.6 Å². The molecule has 3 N–H and O–H groups in total. The van der Waals surface area contributed by atoms with Crippen LogP contribution in [0.1, 0.15) is 10.4 Å². The van der Waals surface area contributed by atoms with Crippen molar-refractivity contribution < 1.29 is 19.8 Å². The lowest BCUT2D eigenvalue weighted by molar-refractivity contribution is -0.159. The van der Waals surface area contributed by atoms with Crippen molar-refractivity contribution in [1.29, 1.82) is 0 Å². The smallest absolute Gasteiger partial charge is 0.414 e. The van der Waals surface area contributed by atoms with E-state index in [4.69, 9.17) is 19.8 Å². The molecule has 0 unspecified atom stereocenters. The van der Waals surface area contributed by atoms with Crippen LogP contribution in [0.25, 0.3) is 0 Å². The molecule has 1 saturated heterocycles. The molecule has 3 rings (SSSR count). The van der Waals surface area contributed by atoms with Gasteiger partial charge in [0.15, 0.2) is 0 Å². The van der Waals surface area contributed by atoms with Crippen molar-refractivity contribution in [3.8, 4) is 0 Å². The minimum Gasteiger partial charge on any atom is -0.473 e. The molecular formula is C12H16N2O4S. The summed E-state index contributed by atoms with van der Waals surface area (Å²) in [6, 6.07) is 3.10. The van der Waals surface area contributed by atoms with Gasteiger partial charge in [-0.3, -0.25) is 4.90 Å². The van der Waals surface area contributed by atoms with E-state index in [0.717, 1.165) is 6.04 Å². The van der Waals surface area contributed by atoms with E-state index >= 15 is 0 Å². The highest BCUT2D eigenvalue weighted by Crippen LogP contribution is 2.25. The zero-order valence-electron chi connectivity index (χ0n) is 10.3. The van der Waals surface area contributed by atoms with Gasteiger partial charge in [-0.05, 0) is 23.4 Å². The van der Waals surface area contributed by atoms with Crippen LogP contribution in [0.15, 0.2) is 11.4 Å². The van der Waals surface area contributed by atoms with Crippen LogP contribution in [0, 0.1) is 0 Å². The Morgan fingerprint density at radius 1 is 1.32 bits per heavy atom. The number of aliphatic carboxylic acids is 2. The van der Waals surface area contributed by atoms with Gasteiger partial charge in [0.05, 0.1) is 0 Å². The van der Waals surface area contributed by atoms with Crippen LogP contribution < -0.4 is 5.32 Å². The van der Waals surface area contributed by atoms with E-state index in [1.54, 1.807) is 10.4 Å². The normalized spacial score (nSPS) is 18.7. The number of thiophene rings is 1. The molecule has 6 nitrogen and oxygen atoms in total. The molecule has 104 valence electrons. The SMILES string of the molecule is O=C(O)C(=O)O.c1cc2c(s1)CCN(C1CNC1)C2. The Bertz CT molecular complexity index is 458. The van der Waals surface area contributed by atoms with Crippen molar-refractivity contribution in [1.82, 2.24) is 10.2 Å². The minimum atomic E-state index is -1.82. The second-order valence-electron chi connectivity index (χ2n) is 4.51. The fraction of sp³-hybridized carbons (Fsp3) is 0.500. The summed E-state index contributed by atoms with van der Waals surface area (Å²) in [6.45, 7) is 4.84. The number of rotatable bonds is 1. The fourth-order valence-corrected chi connectivity index (χ4v) is 3.00. The first-order valence-electron chi connectivity index (χ1n) is 6.04. The van der Waals surface area contributed by atoms with Gasteiger partial charge in [0.1, 0.15) is 0 Å². The van der Waals surface area contributed by atoms with Crippen molar-refractivity contribution in [2.45, 2.75) is 19.0 Å². The van der Waals surface area contributed by atoms with E-state index < -0.39 is 11.9 Å². The Morgan fingerprint density at radius 2 is 2.00 bits per heavy atom. The molecule has 2 aliphatic heterocycles. The summed E-state index contributed by atoms with van der Waals surface area (Å²) in [5.74, 6) is -3.65. The molecule has 0 bridgehead atoms. The highest BCUT2D eigenvalue weighted by molar-refractivity contribution is 7.10. The number of hydrogen-bond acceptors (Lipinski definition) is 5. The molecule has 3 heterocycles. The lowest BCUT2D eigenvalue weighted by Gasteiger charge is -2.40. The lowest BCUT2D eigenvalue weighted by atomic mass is 10.0. The molecule has 0 atom stereocenters. The first-order chi connectivity index (χ1) is 9.08. The van der Waals surface area contributed by atoms with Crippen molar-refractivity contribution in [3.05, 3.63) is 21.9 Å². The molecule has 1 aromatic rings. The van der Waals surface area contributed by atoms with Gasteiger partial charge in [0, 0.05) is 37.1 Å². The molecule has 0 aliphatic carbocycles. The Balaban J connectivity index is 0.000000192. The first kappa shape index (κ1) is 14.0. The third-order valence-corrected chi connectivity index (χ3v) is 4.32. The third kappa shape index (κ3) is 3.52. The third-order valence-electron chi connectivity index (χ3n) is 3.30. The summed E-state index contributed by atoms with van der Waals surface area (Å²) in [5, 5.41) is 20.3. The number of nitrogens with one attached hydrogen (secondary N) is 1. The summed E-state index contributed by atoms with van der Waals surface area (Å²) in [7, 11) is 0. The largest absolute Gasteiger partial charge is 0.473 e. The minimum absolute atomic E-state index is 0.813. The van der Waals surface area contributed by atoms with Crippen LogP contribution in [0.2, 0.25) is 0 Å². The van der Waals surface area contributed by atoms with Gasteiger partial charge < -0.3 is 15.5 Å². The number of fused-ring (bicyclic) bond motifs is 1. The molecular weight excluding hydrogens is 268 g/mol. The standard InChI is InChI=1S/C10H14N2S.C2H2O4/c1-3-12(9-5-11-6-9)7-8-2-4-13-10(1)8;3-1(4)2(5)6/h2,4,9,11H,1,3,5-7H2;(H,3,4)(H,5,6). The van der Waals surface area contributed by atoms with Gasteiger partial charge in [-0.1, -0.05) is 0 Å². The lowest BCUT2D eigenvalue weighted by Crippen LogP contribution is -2.57. The van der Waals surface area contributed by atoms with Crippen LogP contribution >= 0.6 is 11.3 Å². The number of carbonyl (C=O) groups is 2. The Morgan fingerprint density at radius 3 is 2.53 bits per heavy atom. The van der Waals surface area contributed by atoms with Gasteiger partial charge in [-0.25, -0.2) is 9.59 Å². The molecule has 2 aliphatic rings. The topological polar surface area (TPSA) is 89.9 Å². The predicted molar refractivity (Wildman–Crippen MR) is 70.4 cm³/mol. The van der Waals surface area contributed by atoms with Gasteiger partial charge in [0.25, 0.3) is 0 Å². The molecule has 0 amide bonds. The molecule has 0 aromatic carbocycles. The summed E-state index contributed by atoms with van der Waals surface area (Å²) in [6.07, 6.45) is 1.27. The van der Waals surface area contributed by atoms with Crippen LogP contribution in [-0.4, -0.2) is 52.7 Å². The van der Waals surface area contributed by atoms with Crippen molar-refractivity contribution in [2.75, 3.05) is 19.6 Å². The first-order valence-corrected chi connectivity index (χ1v) is 6.92. The second-order valence-corrected chi connectivity index (χ2v) is 5.51. The Kier molecular flexibility index (Phi) is 4.52. The van der Waals surface area contributed by atoms with Gasteiger partial charge in [-0.2, -0.15) is 0 Å². The van der Waals surface area contributed by atoms with Gasteiger partial charge in [-0.15, -0.1) is 11.3 Å².